The Bertz CT molecular complexity index is 1290. The predicted molar refractivity (Wildman–Crippen MR) is 130 cm³/mol. The van der Waals surface area contributed by atoms with Crippen molar-refractivity contribution in [2.75, 3.05) is 32.1 Å². The van der Waals surface area contributed by atoms with Crippen LogP contribution in [0.2, 0.25) is 5.02 Å². The van der Waals surface area contributed by atoms with Crippen LogP contribution in [0.4, 0.5) is 10.1 Å². The molecule has 0 bridgehead atoms. The highest BCUT2D eigenvalue weighted by molar-refractivity contribution is 7.92. The maximum Gasteiger partial charge on any atom is 0.261 e. The SMILES string of the molecule is COc1ccc(CCNC(=O)COc2ccc(S(=O)(=O)Nc3ccc(F)cc3)cc2Cl)cc1OC. The fraction of sp³-hybridized carbons (Fsp3) is 0.208. The molecule has 35 heavy (non-hydrogen) atoms. The minimum atomic E-state index is -3.95. The maximum atomic E-state index is 13.0. The molecule has 0 aromatic heterocycles. The summed E-state index contributed by atoms with van der Waals surface area (Å²) in [6.45, 7) is 0.0726. The van der Waals surface area contributed by atoms with Crippen molar-refractivity contribution in [2.24, 2.45) is 0 Å². The van der Waals surface area contributed by atoms with Gasteiger partial charge in [0.15, 0.2) is 18.1 Å². The number of amides is 1. The highest BCUT2D eigenvalue weighted by atomic mass is 35.5. The van der Waals surface area contributed by atoms with E-state index in [1.54, 1.807) is 20.3 Å². The number of rotatable bonds is 11. The first-order chi connectivity index (χ1) is 16.7. The molecule has 3 aromatic carbocycles. The summed E-state index contributed by atoms with van der Waals surface area (Å²) >= 11 is 6.16. The summed E-state index contributed by atoms with van der Waals surface area (Å²) in [6.07, 6.45) is 0.570. The molecule has 0 aliphatic heterocycles. The standard InChI is InChI=1S/C24H24ClFN2O6S/c1-32-22-9-3-16(13-23(22)33-2)11-12-27-24(29)15-34-21-10-8-19(14-20(21)25)35(30,31)28-18-6-4-17(26)5-7-18/h3-10,13-14,28H,11-12,15H2,1-2H3,(H,27,29). The summed E-state index contributed by atoms with van der Waals surface area (Å²) in [5, 5.41) is 2.76. The van der Waals surface area contributed by atoms with E-state index in [1.165, 1.54) is 30.3 Å². The molecule has 11 heteroatoms. The molecular formula is C24H24ClFN2O6S. The minimum absolute atomic E-state index is 0.0186. The van der Waals surface area contributed by atoms with Crippen molar-refractivity contribution in [1.82, 2.24) is 5.32 Å². The summed E-state index contributed by atoms with van der Waals surface area (Å²) in [5.41, 5.74) is 1.16. The number of halogens is 2. The normalized spacial score (nSPS) is 11.0. The van der Waals surface area contributed by atoms with Gasteiger partial charge in [0.2, 0.25) is 0 Å². The lowest BCUT2D eigenvalue weighted by molar-refractivity contribution is -0.123. The summed E-state index contributed by atoms with van der Waals surface area (Å²) < 4.78 is 56.3. The van der Waals surface area contributed by atoms with Crippen LogP contribution in [0, 0.1) is 5.82 Å². The highest BCUT2D eigenvalue weighted by Crippen LogP contribution is 2.29. The molecule has 0 spiro atoms. The zero-order chi connectivity index (χ0) is 25.4. The molecule has 186 valence electrons. The van der Waals surface area contributed by atoms with E-state index in [1.807, 2.05) is 12.1 Å². The molecule has 0 aliphatic rings. The van der Waals surface area contributed by atoms with Crippen molar-refractivity contribution in [3.63, 3.8) is 0 Å². The Labute approximate surface area is 208 Å². The first-order valence-electron chi connectivity index (χ1n) is 10.4. The first kappa shape index (κ1) is 26.1. The molecule has 0 saturated heterocycles. The molecule has 0 atom stereocenters. The van der Waals surface area contributed by atoms with Gasteiger partial charge in [0, 0.05) is 12.2 Å². The van der Waals surface area contributed by atoms with Crippen LogP contribution in [0.5, 0.6) is 17.2 Å². The average Bonchev–Trinajstić information content (AvgIpc) is 2.84. The average molecular weight is 523 g/mol. The highest BCUT2D eigenvalue weighted by Gasteiger charge is 2.17. The van der Waals surface area contributed by atoms with Crippen molar-refractivity contribution < 1.29 is 31.8 Å². The largest absolute Gasteiger partial charge is 0.493 e. The summed E-state index contributed by atoms with van der Waals surface area (Å²) in [5.74, 6) is 0.532. The zero-order valence-corrected chi connectivity index (χ0v) is 20.6. The molecule has 3 rings (SSSR count). The third kappa shape index (κ3) is 7.24. The van der Waals surface area contributed by atoms with Crippen molar-refractivity contribution in [3.8, 4) is 17.2 Å². The van der Waals surface area contributed by atoms with E-state index in [0.717, 1.165) is 17.7 Å². The van der Waals surface area contributed by atoms with Gasteiger partial charge < -0.3 is 19.5 Å². The van der Waals surface area contributed by atoms with Crippen LogP contribution in [-0.4, -0.2) is 41.7 Å². The predicted octanol–water partition coefficient (Wildman–Crippen LogP) is 4.03. The van der Waals surface area contributed by atoms with Crippen LogP contribution in [0.25, 0.3) is 0 Å². The van der Waals surface area contributed by atoms with Crippen molar-refractivity contribution in [2.45, 2.75) is 11.3 Å². The number of benzene rings is 3. The molecule has 0 saturated carbocycles. The smallest absolute Gasteiger partial charge is 0.261 e. The molecule has 0 radical (unpaired) electrons. The Morgan fingerprint density at radius 2 is 1.63 bits per heavy atom. The van der Waals surface area contributed by atoms with Crippen molar-refractivity contribution in [3.05, 3.63) is 77.1 Å². The van der Waals surface area contributed by atoms with Gasteiger partial charge in [-0.15, -0.1) is 0 Å². The number of sulfonamides is 1. The number of methoxy groups -OCH3 is 2. The minimum Gasteiger partial charge on any atom is -0.493 e. The Morgan fingerprint density at radius 3 is 2.29 bits per heavy atom. The lowest BCUT2D eigenvalue weighted by Crippen LogP contribution is -2.30. The van der Waals surface area contributed by atoms with Gasteiger partial charge in [-0.05, 0) is 66.6 Å². The third-order valence-electron chi connectivity index (χ3n) is 4.85. The number of carbonyl (C=O) groups is 1. The Morgan fingerprint density at radius 1 is 0.943 bits per heavy atom. The van der Waals surface area contributed by atoms with Gasteiger partial charge in [-0.3, -0.25) is 9.52 Å². The van der Waals surface area contributed by atoms with Gasteiger partial charge in [0.1, 0.15) is 11.6 Å². The molecule has 0 heterocycles. The summed E-state index contributed by atoms with van der Waals surface area (Å²) in [4.78, 5) is 12.0. The van der Waals surface area contributed by atoms with Crippen molar-refractivity contribution >= 4 is 33.2 Å². The molecule has 0 aliphatic carbocycles. The Hall–Kier alpha value is -3.50. The molecule has 2 N–H and O–H groups in total. The molecule has 8 nitrogen and oxygen atoms in total. The Balaban J connectivity index is 1.51. The second kappa shape index (κ2) is 11.8. The van der Waals surface area contributed by atoms with Gasteiger partial charge in [0.05, 0.1) is 24.1 Å². The molecule has 1 amide bonds. The van der Waals surface area contributed by atoms with Gasteiger partial charge in [-0.2, -0.15) is 0 Å². The monoisotopic (exact) mass is 522 g/mol. The summed E-state index contributed by atoms with van der Waals surface area (Å²) in [7, 11) is -0.845. The van der Waals surface area contributed by atoms with E-state index in [0.29, 0.717) is 24.5 Å². The van der Waals surface area contributed by atoms with E-state index in [4.69, 9.17) is 25.8 Å². The van der Waals surface area contributed by atoms with Crippen LogP contribution in [0.1, 0.15) is 5.56 Å². The third-order valence-corrected chi connectivity index (χ3v) is 6.53. The second-order valence-corrected chi connectivity index (χ2v) is 9.37. The van der Waals surface area contributed by atoms with Gasteiger partial charge in [-0.1, -0.05) is 17.7 Å². The lowest BCUT2D eigenvalue weighted by Gasteiger charge is -2.12. The molecular weight excluding hydrogens is 499 g/mol. The van der Waals surface area contributed by atoms with E-state index < -0.39 is 15.8 Å². The van der Waals surface area contributed by atoms with E-state index in [9.17, 15) is 17.6 Å². The van der Waals surface area contributed by atoms with Crippen molar-refractivity contribution in [1.29, 1.82) is 0 Å². The van der Waals surface area contributed by atoms with E-state index >= 15 is 0 Å². The number of hydrogen-bond acceptors (Lipinski definition) is 6. The van der Waals surface area contributed by atoms with E-state index in [2.05, 4.69) is 10.0 Å². The number of carbonyl (C=O) groups excluding carboxylic acids is 1. The maximum absolute atomic E-state index is 13.0. The fourth-order valence-corrected chi connectivity index (χ4v) is 4.46. The van der Waals surface area contributed by atoms with Crippen LogP contribution in [0.15, 0.2) is 65.6 Å². The number of nitrogens with one attached hydrogen (secondary N) is 2. The number of anilines is 1. The molecule has 0 unspecified atom stereocenters. The van der Waals surface area contributed by atoms with Crippen LogP contribution in [-0.2, 0) is 21.2 Å². The second-order valence-electron chi connectivity index (χ2n) is 7.28. The number of ether oxygens (including phenoxy) is 3. The molecule has 0 fully saturated rings. The van der Waals surface area contributed by atoms with Crippen LogP contribution in [0.3, 0.4) is 0 Å². The van der Waals surface area contributed by atoms with Crippen LogP contribution < -0.4 is 24.2 Å². The Kier molecular flexibility index (Phi) is 8.78. The summed E-state index contributed by atoms with van der Waals surface area (Å²) in [6, 6.07) is 14.2. The fourth-order valence-electron chi connectivity index (χ4n) is 3.07. The van der Waals surface area contributed by atoms with Crippen LogP contribution >= 0.6 is 11.6 Å². The number of hydrogen-bond donors (Lipinski definition) is 2. The van der Waals surface area contributed by atoms with Gasteiger partial charge in [0.25, 0.3) is 15.9 Å². The van der Waals surface area contributed by atoms with Gasteiger partial charge >= 0.3 is 0 Å². The lowest BCUT2D eigenvalue weighted by atomic mass is 10.1. The first-order valence-corrected chi connectivity index (χ1v) is 12.3. The van der Waals surface area contributed by atoms with E-state index in [-0.39, 0.29) is 33.9 Å². The molecule has 3 aromatic rings. The topological polar surface area (TPSA) is 103 Å². The quantitative estimate of drug-likeness (QED) is 0.394. The van der Waals surface area contributed by atoms with Gasteiger partial charge in [-0.25, -0.2) is 12.8 Å². The zero-order valence-electron chi connectivity index (χ0n) is 19.0.